The number of aromatic nitrogens is 2. The van der Waals surface area contributed by atoms with Gasteiger partial charge in [-0.05, 0) is 25.8 Å². The number of hydrogen-bond donors (Lipinski definition) is 1. The number of halogens is 3. The zero-order valence-electron chi connectivity index (χ0n) is 17.3. The van der Waals surface area contributed by atoms with Crippen molar-refractivity contribution < 1.29 is 22.8 Å². The number of fused-ring (bicyclic) bond motifs is 1. The second-order valence-corrected chi connectivity index (χ2v) is 8.30. The van der Waals surface area contributed by atoms with Gasteiger partial charge in [0.1, 0.15) is 10.9 Å². The number of alkyl halides is 3. The Labute approximate surface area is 179 Å². The minimum Gasteiger partial charge on any atom is -0.353 e. The Morgan fingerprint density at radius 3 is 2.45 bits per heavy atom. The van der Waals surface area contributed by atoms with Crippen LogP contribution >= 0.6 is 11.3 Å². The molecule has 0 spiro atoms. The number of nitrogens with zero attached hydrogens (tertiary/aromatic N) is 3. The van der Waals surface area contributed by atoms with Crippen molar-refractivity contribution in [1.29, 1.82) is 0 Å². The van der Waals surface area contributed by atoms with Crippen LogP contribution in [-0.4, -0.2) is 51.2 Å². The standard InChI is InChI=1S/C19H23F3N4O4S/c1-4-11-14(27)23-7-9-25(11)16(29)13-10(3)12-15(28)24(5-2)18(30)26(17(12)31-13)8-6-19(20,21)22/h11H,4-9H2,1-3H3,(H,23,27). The van der Waals surface area contributed by atoms with Gasteiger partial charge in [-0.2, -0.15) is 13.2 Å². The molecule has 0 bridgehead atoms. The maximum atomic E-state index is 13.3. The van der Waals surface area contributed by atoms with Gasteiger partial charge < -0.3 is 10.2 Å². The Hall–Kier alpha value is -2.63. The fourth-order valence-corrected chi connectivity index (χ4v) is 5.08. The lowest BCUT2D eigenvalue weighted by Gasteiger charge is -2.34. The van der Waals surface area contributed by atoms with Gasteiger partial charge in [-0.3, -0.25) is 23.5 Å². The van der Waals surface area contributed by atoms with Gasteiger partial charge in [-0.15, -0.1) is 11.3 Å². The number of amides is 2. The molecule has 1 fully saturated rings. The molecule has 170 valence electrons. The highest BCUT2D eigenvalue weighted by atomic mass is 32.1. The van der Waals surface area contributed by atoms with Crippen molar-refractivity contribution in [2.24, 2.45) is 0 Å². The number of carbonyl (C=O) groups excluding carboxylic acids is 2. The van der Waals surface area contributed by atoms with Crippen molar-refractivity contribution in [3.63, 3.8) is 0 Å². The van der Waals surface area contributed by atoms with E-state index in [-0.39, 0.29) is 40.6 Å². The van der Waals surface area contributed by atoms with E-state index in [0.29, 0.717) is 12.0 Å². The summed E-state index contributed by atoms with van der Waals surface area (Å²) in [6.07, 6.45) is -5.34. The fourth-order valence-electron chi connectivity index (χ4n) is 3.81. The van der Waals surface area contributed by atoms with Gasteiger partial charge >= 0.3 is 11.9 Å². The molecule has 31 heavy (non-hydrogen) atoms. The molecule has 2 aromatic heterocycles. The lowest BCUT2D eigenvalue weighted by molar-refractivity contribution is -0.136. The normalized spacial score (nSPS) is 17.3. The summed E-state index contributed by atoms with van der Waals surface area (Å²) in [4.78, 5) is 52.6. The zero-order chi connectivity index (χ0) is 23.1. The quantitative estimate of drug-likeness (QED) is 0.737. The molecule has 1 saturated heterocycles. The van der Waals surface area contributed by atoms with E-state index in [9.17, 15) is 32.3 Å². The average Bonchev–Trinajstić information content (AvgIpc) is 3.04. The average molecular weight is 460 g/mol. The SMILES string of the molecule is CCC1C(=O)NCCN1C(=O)c1sc2c(c1C)c(=O)n(CC)c(=O)n2CCC(F)(F)F. The van der Waals surface area contributed by atoms with Gasteiger partial charge in [-0.1, -0.05) is 6.92 Å². The van der Waals surface area contributed by atoms with E-state index in [4.69, 9.17) is 0 Å². The van der Waals surface area contributed by atoms with E-state index >= 15 is 0 Å². The Bertz CT molecular complexity index is 1150. The summed E-state index contributed by atoms with van der Waals surface area (Å²) in [5, 5.41) is 2.76. The summed E-state index contributed by atoms with van der Waals surface area (Å²) in [7, 11) is 0. The molecule has 0 aromatic carbocycles. The second kappa shape index (κ2) is 8.48. The van der Waals surface area contributed by atoms with E-state index in [1.54, 1.807) is 13.8 Å². The van der Waals surface area contributed by atoms with Gasteiger partial charge in [0.2, 0.25) is 5.91 Å². The van der Waals surface area contributed by atoms with Crippen LogP contribution in [0, 0.1) is 6.92 Å². The van der Waals surface area contributed by atoms with Crippen molar-refractivity contribution >= 4 is 33.4 Å². The predicted octanol–water partition coefficient (Wildman–Crippen LogP) is 1.86. The second-order valence-electron chi connectivity index (χ2n) is 7.30. The molecular formula is C19H23F3N4O4S. The highest BCUT2D eigenvalue weighted by molar-refractivity contribution is 7.20. The zero-order valence-corrected chi connectivity index (χ0v) is 18.2. The number of rotatable bonds is 5. The Kier molecular flexibility index (Phi) is 6.30. The van der Waals surface area contributed by atoms with Gasteiger partial charge in [0, 0.05) is 26.2 Å². The third kappa shape index (κ3) is 4.12. The first-order valence-corrected chi connectivity index (χ1v) is 10.8. The van der Waals surface area contributed by atoms with Crippen LogP contribution in [0.4, 0.5) is 13.2 Å². The van der Waals surface area contributed by atoms with Crippen LogP contribution in [0.15, 0.2) is 9.59 Å². The molecule has 3 heterocycles. The molecule has 1 aliphatic rings. The van der Waals surface area contributed by atoms with Crippen molar-refractivity contribution in [1.82, 2.24) is 19.4 Å². The molecule has 12 heteroatoms. The summed E-state index contributed by atoms with van der Waals surface area (Å²) >= 11 is 0.823. The predicted molar refractivity (Wildman–Crippen MR) is 110 cm³/mol. The highest BCUT2D eigenvalue weighted by Crippen LogP contribution is 2.31. The molecule has 1 atom stereocenters. The molecule has 1 unspecified atom stereocenters. The Morgan fingerprint density at radius 2 is 1.87 bits per heavy atom. The molecule has 0 aliphatic carbocycles. The highest BCUT2D eigenvalue weighted by Gasteiger charge is 2.35. The van der Waals surface area contributed by atoms with E-state index in [1.807, 2.05) is 0 Å². The molecule has 3 rings (SSSR count). The summed E-state index contributed by atoms with van der Waals surface area (Å²) in [6, 6.07) is -0.675. The van der Waals surface area contributed by atoms with Gasteiger partial charge in [0.15, 0.2) is 0 Å². The van der Waals surface area contributed by atoms with Crippen LogP contribution in [0.5, 0.6) is 0 Å². The van der Waals surface area contributed by atoms with Crippen LogP contribution in [0.3, 0.4) is 0 Å². The summed E-state index contributed by atoms with van der Waals surface area (Å²) in [6.45, 7) is 4.74. The molecule has 1 aliphatic heterocycles. The maximum Gasteiger partial charge on any atom is 0.390 e. The lowest BCUT2D eigenvalue weighted by atomic mass is 10.1. The maximum absolute atomic E-state index is 13.3. The first-order valence-electron chi connectivity index (χ1n) is 9.93. The van der Waals surface area contributed by atoms with Crippen molar-refractivity contribution in [3.8, 4) is 0 Å². The van der Waals surface area contributed by atoms with Crippen molar-refractivity contribution in [2.45, 2.75) is 58.9 Å². The molecule has 1 N–H and O–H groups in total. The summed E-state index contributed by atoms with van der Waals surface area (Å²) < 4.78 is 40.3. The molecule has 0 saturated carbocycles. The van der Waals surface area contributed by atoms with Crippen molar-refractivity contribution in [2.75, 3.05) is 13.1 Å². The molecule has 8 nitrogen and oxygen atoms in total. The molecular weight excluding hydrogens is 437 g/mol. The lowest BCUT2D eigenvalue weighted by Crippen LogP contribution is -2.56. The van der Waals surface area contributed by atoms with E-state index in [0.717, 1.165) is 20.5 Å². The summed E-state index contributed by atoms with van der Waals surface area (Å²) in [5.41, 5.74) is -1.17. The fraction of sp³-hybridized carbons (Fsp3) is 0.579. The number of nitrogens with one attached hydrogen (secondary N) is 1. The van der Waals surface area contributed by atoms with Crippen LogP contribution in [0.25, 0.3) is 10.2 Å². The van der Waals surface area contributed by atoms with Gasteiger partial charge in [0.05, 0.1) is 16.7 Å². The van der Waals surface area contributed by atoms with Crippen LogP contribution in [-0.2, 0) is 17.9 Å². The number of thiophene rings is 1. The van der Waals surface area contributed by atoms with E-state index < -0.39 is 42.3 Å². The largest absolute Gasteiger partial charge is 0.390 e. The number of hydrogen-bond acceptors (Lipinski definition) is 5. The number of carbonyl (C=O) groups is 2. The monoisotopic (exact) mass is 460 g/mol. The number of aryl methyl sites for hydroxylation is 2. The van der Waals surface area contributed by atoms with Crippen LogP contribution < -0.4 is 16.6 Å². The van der Waals surface area contributed by atoms with Gasteiger partial charge in [0.25, 0.3) is 11.5 Å². The van der Waals surface area contributed by atoms with E-state index in [1.165, 1.54) is 11.8 Å². The first-order chi connectivity index (χ1) is 14.5. The Morgan fingerprint density at radius 1 is 1.19 bits per heavy atom. The smallest absolute Gasteiger partial charge is 0.353 e. The number of piperazine rings is 1. The molecule has 2 aromatic rings. The molecule has 0 radical (unpaired) electrons. The summed E-state index contributed by atoms with van der Waals surface area (Å²) in [5.74, 6) is -0.756. The van der Waals surface area contributed by atoms with E-state index in [2.05, 4.69) is 5.32 Å². The minimum absolute atomic E-state index is 0.0115. The first kappa shape index (κ1) is 23.0. The van der Waals surface area contributed by atoms with Crippen LogP contribution in [0.1, 0.15) is 41.9 Å². The van der Waals surface area contributed by atoms with Crippen molar-refractivity contribution in [3.05, 3.63) is 31.3 Å². The third-order valence-corrected chi connectivity index (χ3v) is 6.70. The topological polar surface area (TPSA) is 93.4 Å². The molecule has 2 amide bonds. The third-order valence-electron chi connectivity index (χ3n) is 5.40. The van der Waals surface area contributed by atoms with Gasteiger partial charge in [-0.25, -0.2) is 4.79 Å². The Balaban J connectivity index is 2.19. The van der Waals surface area contributed by atoms with Crippen LogP contribution in [0.2, 0.25) is 0 Å². The minimum atomic E-state index is -4.49.